The molecule has 2 rings (SSSR count). The minimum absolute atomic E-state index is 0.0729. The molecule has 0 saturated carbocycles. The quantitative estimate of drug-likeness (QED) is 0.256. The van der Waals surface area contributed by atoms with Gasteiger partial charge in [0, 0.05) is 37.5 Å². The topological polar surface area (TPSA) is 82.6 Å². The number of rotatable bonds is 12. The summed E-state index contributed by atoms with van der Waals surface area (Å²) in [6.07, 6.45) is 6.04. The Morgan fingerprint density at radius 3 is 2.78 bits per heavy atom. The van der Waals surface area contributed by atoms with Gasteiger partial charge >= 0.3 is 11.9 Å². The standard InChI is InChI=1S/C21H28N2O4/c1-3-13-23(4-2)14-12-16-15-22-21-17(16)8-7-9-18(21)27-20(26)11-6-5-10-19(24)25/h3,7-9,15,22H,1,4-6,10-14H2,2H3,(H,24,25). The van der Waals surface area contributed by atoms with Crippen LogP contribution in [0.25, 0.3) is 10.9 Å². The van der Waals surface area contributed by atoms with Crippen LogP contribution in [0, 0.1) is 0 Å². The summed E-state index contributed by atoms with van der Waals surface area (Å²) in [4.78, 5) is 28.1. The molecule has 6 heteroatoms. The summed E-state index contributed by atoms with van der Waals surface area (Å²) in [6, 6.07) is 5.68. The monoisotopic (exact) mass is 372 g/mol. The molecule has 1 heterocycles. The highest BCUT2D eigenvalue weighted by molar-refractivity contribution is 5.90. The number of ether oxygens (including phenoxy) is 1. The zero-order valence-corrected chi connectivity index (χ0v) is 15.9. The number of aromatic amines is 1. The smallest absolute Gasteiger partial charge is 0.311 e. The third-order valence-electron chi connectivity index (χ3n) is 4.54. The highest BCUT2D eigenvalue weighted by atomic mass is 16.5. The molecule has 0 fully saturated rings. The number of carboxylic acids is 1. The zero-order valence-electron chi connectivity index (χ0n) is 15.9. The molecule has 0 aliphatic heterocycles. The lowest BCUT2D eigenvalue weighted by molar-refractivity contribution is -0.138. The van der Waals surface area contributed by atoms with Gasteiger partial charge in [-0.05, 0) is 37.4 Å². The minimum atomic E-state index is -0.846. The molecule has 6 nitrogen and oxygen atoms in total. The Hall–Kier alpha value is -2.60. The van der Waals surface area contributed by atoms with E-state index in [1.807, 2.05) is 24.4 Å². The van der Waals surface area contributed by atoms with Crippen LogP contribution in [0.5, 0.6) is 5.75 Å². The van der Waals surface area contributed by atoms with Gasteiger partial charge in [0.2, 0.25) is 0 Å². The number of hydrogen-bond acceptors (Lipinski definition) is 4. The van der Waals surface area contributed by atoms with Gasteiger partial charge in [-0.1, -0.05) is 25.1 Å². The van der Waals surface area contributed by atoms with Crippen LogP contribution in [0.1, 0.15) is 38.2 Å². The van der Waals surface area contributed by atoms with E-state index in [-0.39, 0.29) is 18.8 Å². The summed E-state index contributed by atoms with van der Waals surface area (Å²) < 4.78 is 5.49. The number of esters is 1. The minimum Gasteiger partial charge on any atom is -0.481 e. The van der Waals surface area contributed by atoms with E-state index in [1.165, 1.54) is 5.56 Å². The van der Waals surface area contributed by atoms with Gasteiger partial charge in [0.25, 0.3) is 0 Å². The number of nitrogens with zero attached hydrogens (tertiary/aromatic N) is 1. The first-order valence-electron chi connectivity index (χ1n) is 9.39. The van der Waals surface area contributed by atoms with Crippen LogP contribution in [-0.2, 0) is 16.0 Å². The van der Waals surface area contributed by atoms with Crippen LogP contribution in [-0.4, -0.2) is 46.6 Å². The van der Waals surface area contributed by atoms with Crippen LogP contribution in [0.4, 0.5) is 0 Å². The van der Waals surface area contributed by atoms with E-state index in [0.29, 0.717) is 18.6 Å². The third kappa shape index (κ3) is 6.25. The number of carbonyl (C=O) groups excluding carboxylic acids is 1. The van der Waals surface area contributed by atoms with Crippen molar-refractivity contribution in [3.8, 4) is 5.75 Å². The fourth-order valence-electron chi connectivity index (χ4n) is 3.04. The predicted molar refractivity (Wildman–Crippen MR) is 106 cm³/mol. The molecule has 0 amide bonds. The fourth-order valence-corrected chi connectivity index (χ4v) is 3.04. The molecule has 0 saturated heterocycles. The number of aromatic nitrogens is 1. The Kier molecular flexibility index (Phi) is 8.07. The Labute approximate surface area is 159 Å². The lowest BCUT2D eigenvalue weighted by atomic mass is 10.1. The third-order valence-corrected chi connectivity index (χ3v) is 4.54. The molecule has 0 radical (unpaired) electrons. The molecule has 0 spiro atoms. The second kappa shape index (κ2) is 10.5. The number of benzene rings is 1. The Morgan fingerprint density at radius 2 is 2.07 bits per heavy atom. The maximum Gasteiger partial charge on any atom is 0.311 e. The average molecular weight is 372 g/mol. The van der Waals surface area contributed by atoms with E-state index in [4.69, 9.17) is 9.84 Å². The highest BCUT2D eigenvalue weighted by Crippen LogP contribution is 2.28. The normalized spacial score (nSPS) is 11.0. The van der Waals surface area contributed by atoms with Crippen LogP contribution in [0.3, 0.4) is 0 Å². The number of likely N-dealkylation sites (N-methyl/N-ethyl adjacent to an activating group) is 1. The van der Waals surface area contributed by atoms with E-state index < -0.39 is 5.97 Å². The van der Waals surface area contributed by atoms with Crippen LogP contribution >= 0.6 is 0 Å². The first-order chi connectivity index (χ1) is 13.0. The lowest BCUT2D eigenvalue weighted by Crippen LogP contribution is -2.25. The van der Waals surface area contributed by atoms with Crippen molar-refractivity contribution in [3.05, 3.63) is 42.6 Å². The van der Waals surface area contributed by atoms with Gasteiger partial charge in [0.1, 0.15) is 0 Å². The van der Waals surface area contributed by atoms with Crippen molar-refractivity contribution in [3.63, 3.8) is 0 Å². The molecular formula is C21H28N2O4. The average Bonchev–Trinajstić information content (AvgIpc) is 3.06. The Morgan fingerprint density at radius 1 is 1.30 bits per heavy atom. The van der Waals surface area contributed by atoms with Gasteiger partial charge in [0.15, 0.2) is 5.75 Å². The first-order valence-corrected chi connectivity index (χ1v) is 9.39. The number of carbonyl (C=O) groups is 2. The van der Waals surface area contributed by atoms with Gasteiger partial charge in [-0.25, -0.2) is 0 Å². The van der Waals surface area contributed by atoms with E-state index in [2.05, 4.69) is 23.4 Å². The van der Waals surface area contributed by atoms with E-state index in [9.17, 15) is 9.59 Å². The number of para-hydroxylation sites is 1. The van der Waals surface area contributed by atoms with E-state index in [0.717, 1.165) is 37.0 Å². The molecule has 2 aromatic rings. The lowest BCUT2D eigenvalue weighted by Gasteiger charge is -2.17. The summed E-state index contributed by atoms with van der Waals surface area (Å²) in [5.74, 6) is -0.672. The highest BCUT2D eigenvalue weighted by Gasteiger charge is 2.12. The summed E-state index contributed by atoms with van der Waals surface area (Å²) in [5.41, 5.74) is 2.00. The van der Waals surface area contributed by atoms with Crippen LogP contribution in [0.15, 0.2) is 37.1 Å². The number of hydrogen-bond donors (Lipinski definition) is 2. The maximum absolute atomic E-state index is 12.0. The molecule has 146 valence electrons. The van der Waals surface area contributed by atoms with Crippen LogP contribution < -0.4 is 4.74 Å². The van der Waals surface area contributed by atoms with Crippen LogP contribution in [0.2, 0.25) is 0 Å². The number of unbranched alkanes of at least 4 members (excludes halogenated alkanes) is 1. The number of nitrogens with one attached hydrogen (secondary N) is 1. The molecule has 0 aliphatic carbocycles. The molecule has 0 bridgehead atoms. The molecule has 0 aliphatic rings. The Balaban J connectivity index is 1.98. The van der Waals surface area contributed by atoms with Gasteiger partial charge in [-0.15, -0.1) is 6.58 Å². The van der Waals surface area contributed by atoms with E-state index >= 15 is 0 Å². The second-order valence-corrected chi connectivity index (χ2v) is 6.50. The number of H-pyrrole nitrogens is 1. The van der Waals surface area contributed by atoms with Gasteiger partial charge in [0.05, 0.1) is 5.52 Å². The molecule has 1 aromatic heterocycles. The van der Waals surface area contributed by atoms with Crippen molar-refractivity contribution in [2.75, 3.05) is 19.6 Å². The fraction of sp³-hybridized carbons (Fsp3) is 0.429. The second-order valence-electron chi connectivity index (χ2n) is 6.50. The summed E-state index contributed by atoms with van der Waals surface area (Å²) in [6.45, 7) is 8.69. The van der Waals surface area contributed by atoms with Crippen molar-refractivity contribution >= 4 is 22.8 Å². The van der Waals surface area contributed by atoms with Crippen molar-refractivity contribution in [2.24, 2.45) is 0 Å². The van der Waals surface area contributed by atoms with Crippen molar-refractivity contribution in [1.29, 1.82) is 0 Å². The van der Waals surface area contributed by atoms with Crippen molar-refractivity contribution in [1.82, 2.24) is 9.88 Å². The van der Waals surface area contributed by atoms with Gasteiger partial charge in [-0.2, -0.15) is 0 Å². The maximum atomic E-state index is 12.0. The van der Waals surface area contributed by atoms with Gasteiger partial charge < -0.3 is 14.8 Å². The largest absolute Gasteiger partial charge is 0.481 e. The molecule has 0 atom stereocenters. The molecular weight excluding hydrogens is 344 g/mol. The van der Waals surface area contributed by atoms with Gasteiger partial charge in [-0.3, -0.25) is 14.5 Å². The summed E-state index contributed by atoms with van der Waals surface area (Å²) in [7, 11) is 0. The SMILES string of the molecule is C=CCN(CC)CCc1c[nH]c2c(OC(=O)CCCCC(=O)O)cccc12. The predicted octanol–water partition coefficient (Wildman–Crippen LogP) is 3.77. The zero-order chi connectivity index (χ0) is 19.6. The number of fused-ring (bicyclic) bond motifs is 1. The molecule has 2 N–H and O–H groups in total. The molecule has 1 aromatic carbocycles. The number of carboxylic acid groups (broad SMARTS) is 1. The number of aliphatic carboxylic acids is 1. The van der Waals surface area contributed by atoms with E-state index in [1.54, 1.807) is 6.07 Å². The first kappa shape index (κ1) is 20.7. The summed E-state index contributed by atoms with van der Waals surface area (Å²) >= 11 is 0. The van der Waals surface area contributed by atoms with Crippen molar-refractivity contribution < 1.29 is 19.4 Å². The summed E-state index contributed by atoms with van der Waals surface area (Å²) in [5, 5.41) is 9.69. The molecule has 0 unspecified atom stereocenters. The Bertz CT molecular complexity index is 782. The van der Waals surface area contributed by atoms with Crippen molar-refractivity contribution in [2.45, 2.75) is 39.0 Å². The molecule has 27 heavy (non-hydrogen) atoms.